The van der Waals surface area contributed by atoms with Crippen molar-refractivity contribution in [3.05, 3.63) is 35.9 Å². The number of hydrogen-bond donors (Lipinski definition) is 0. The highest BCUT2D eigenvalue weighted by molar-refractivity contribution is 14.1. The maximum Gasteiger partial charge on any atom is 0.417 e. The number of imide groups is 1. The van der Waals surface area contributed by atoms with Gasteiger partial charge in [0, 0.05) is 22.9 Å². The molecular formula is C18H19IN2O4. The van der Waals surface area contributed by atoms with Crippen LogP contribution in [0.15, 0.2) is 30.3 Å². The molecule has 7 heteroatoms. The van der Waals surface area contributed by atoms with Crippen molar-refractivity contribution in [2.75, 3.05) is 13.2 Å². The van der Waals surface area contributed by atoms with Crippen molar-refractivity contribution in [2.24, 2.45) is 5.92 Å². The summed E-state index contributed by atoms with van der Waals surface area (Å²) in [6.45, 7) is 0.883. The lowest BCUT2D eigenvalue weighted by Gasteiger charge is -2.40. The first-order valence-corrected chi connectivity index (χ1v) is 9.81. The summed E-state index contributed by atoms with van der Waals surface area (Å²) in [7, 11) is 0. The minimum absolute atomic E-state index is 0.0968. The molecule has 0 saturated carbocycles. The second-order valence-electron chi connectivity index (χ2n) is 6.74. The van der Waals surface area contributed by atoms with Crippen LogP contribution in [0, 0.1) is 5.92 Å². The first-order valence-electron chi connectivity index (χ1n) is 8.56. The van der Waals surface area contributed by atoms with Gasteiger partial charge in [-0.05, 0) is 18.4 Å². The van der Waals surface area contributed by atoms with Gasteiger partial charge in [-0.1, -0.05) is 52.9 Å². The number of cyclic esters (lactones) is 1. The molecule has 1 aromatic rings. The van der Waals surface area contributed by atoms with E-state index in [0.717, 1.165) is 12.0 Å². The number of rotatable bonds is 2. The maximum atomic E-state index is 13.3. The summed E-state index contributed by atoms with van der Waals surface area (Å²) in [5, 5.41) is 0. The van der Waals surface area contributed by atoms with E-state index in [1.165, 1.54) is 4.90 Å². The summed E-state index contributed by atoms with van der Waals surface area (Å²) < 4.78 is 5.31. The summed E-state index contributed by atoms with van der Waals surface area (Å²) >= 11 is 2.30. The molecular weight excluding hydrogens is 435 g/mol. The number of ether oxygens (including phenoxy) is 1. The Balaban J connectivity index is 1.64. The van der Waals surface area contributed by atoms with Crippen LogP contribution in [0.3, 0.4) is 0 Å². The molecule has 3 aliphatic heterocycles. The van der Waals surface area contributed by atoms with Crippen molar-refractivity contribution < 1.29 is 19.1 Å². The molecule has 1 aromatic carbocycles. The molecule has 3 saturated heterocycles. The number of alkyl halides is 1. The van der Waals surface area contributed by atoms with Gasteiger partial charge in [-0.3, -0.25) is 9.59 Å². The van der Waals surface area contributed by atoms with Crippen molar-refractivity contribution in [3.8, 4) is 0 Å². The van der Waals surface area contributed by atoms with Crippen LogP contribution in [0.4, 0.5) is 4.79 Å². The van der Waals surface area contributed by atoms with Crippen LogP contribution in [0.2, 0.25) is 0 Å². The highest BCUT2D eigenvalue weighted by Gasteiger charge is 2.51. The third-order valence-corrected chi connectivity index (χ3v) is 6.80. The summed E-state index contributed by atoms with van der Waals surface area (Å²) in [6.07, 6.45) is 1.37. The molecule has 4 atom stereocenters. The Labute approximate surface area is 159 Å². The number of benzene rings is 1. The van der Waals surface area contributed by atoms with Crippen molar-refractivity contribution in [2.45, 2.75) is 35.3 Å². The largest absolute Gasteiger partial charge is 0.446 e. The van der Waals surface area contributed by atoms with Gasteiger partial charge in [0.1, 0.15) is 12.6 Å². The van der Waals surface area contributed by atoms with Crippen LogP contribution in [-0.4, -0.2) is 50.8 Å². The molecule has 0 radical (unpaired) electrons. The Morgan fingerprint density at radius 3 is 2.68 bits per heavy atom. The normalized spacial score (nSPS) is 31.9. The Morgan fingerprint density at radius 2 is 1.92 bits per heavy atom. The molecule has 3 fully saturated rings. The van der Waals surface area contributed by atoms with Gasteiger partial charge in [-0.25, -0.2) is 9.69 Å². The van der Waals surface area contributed by atoms with Crippen molar-refractivity contribution in [1.82, 2.24) is 9.80 Å². The van der Waals surface area contributed by atoms with Crippen molar-refractivity contribution in [3.63, 3.8) is 0 Å². The summed E-state index contributed by atoms with van der Waals surface area (Å²) in [5.41, 5.74) is 0.891. The standard InChI is InChI=1S/C18H19IN2O4/c19-12-8-9-20-13(6-7-15(20)22)16(12)17(23)21-14(10-25-18(21)24)11-4-2-1-3-5-11/h1-5,12-14,16H,6-10H2/t12-,13-,14-,16+/m1/s1. The van der Waals surface area contributed by atoms with Crippen molar-refractivity contribution in [1.29, 1.82) is 0 Å². The molecule has 3 amide bonds. The molecule has 3 aliphatic rings. The second-order valence-corrected chi connectivity index (χ2v) is 8.34. The minimum atomic E-state index is -0.580. The first-order chi connectivity index (χ1) is 12.1. The Morgan fingerprint density at radius 1 is 1.16 bits per heavy atom. The van der Waals surface area contributed by atoms with E-state index in [0.29, 0.717) is 19.4 Å². The van der Waals surface area contributed by atoms with E-state index in [9.17, 15) is 14.4 Å². The molecule has 3 heterocycles. The van der Waals surface area contributed by atoms with Gasteiger partial charge in [0.2, 0.25) is 11.8 Å². The van der Waals surface area contributed by atoms with E-state index < -0.39 is 12.1 Å². The fraction of sp³-hybridized carbons (Fsp3) is 0.500. The summed E-state index contributed by atoms with van der Waals surface area (Å²) in [6, 6.07) is 9.00. The molecule has 6 nitrogen and oxygen atoms in total. The molecule has 0 N–H and O–H groups in total. The molecule has 0 spiro atoms. The zero-order chi connectivity index (χ0) is 17.6. The van der Waals surface area contributed by atoms with E-state index in [1.807, 2.05) is 35.2 Å². The average molecular weight is 454 g/mol. The fourth-order valence-electron chi connectivity index (χ4n) is 4.17. The molecule has 0 bridgehead atoms. The van der Waals surface area contributed by atoms with Gasteiger partial charge in [0.05, 0.1) is 5.92 Å². The number of carbonyl (C=O) groups excluding carboxylic acids is 3. The van der Waals surface area contributed by atoms with E-state index in [4.69, 9.17) is 4.74 Å². The SMILES string of the molecule is O=C1CC[C@@H]2[C@@H](C(=O)N3C(=O)OC[C@@H]3c3ccccc3)[C@H](I)CCN12. The number of halogens is 1. The molecule has 0 unspecified atom stereocenters. The van der Waals surface area contributed by atoms with E-state index in [-0.39, 0.29) is 34.3 Å². The second kappa shape index (κ2) is 6.59. The predicted molar refractivity (Wildman–Crippen MR) is 98.0 cm³/mol. The summed E-state index contributed by atoms with van der Waals surface area (Å²) in [4.78, 5) is 40.8. The smallest absolute Gasteiger partial charge is 0.417 e. The highest BCUT2D eigenvalue weighted by atomic mass is 127. The Hall–Kier alpha value is -1.64. The molecule has 0 aliphatic carbocycles. The van der Waals surface area contributed by atoms with Crippen LogP contribution in [0.1, 0.15) is 30.9 Å². The fourth-order valence-corrected chi connectivity index (χ4v) is 5.23. The topological polar surface area (TPSA) is 66.9 Å². The number of hydrogen-bond acceptors (Lipinski definition) is 4. The highest BCUT2D eigenvalue weighted by Crippen LogP contribution is 2.39. The Bertz CT molecular complexity index is 710. The van der Waals surface area contributed by atoms with Crippen LogP contribution in [0.25, 0.3) is 0 Å². The van der Waals surface area contributed by atoms with E-state index in [2.05, 4.69) is 22.6 Å². The first kappa shape index (κ1) is 16.8. The Kier molecular flexibility index (Phi) is 4.43. The lowest BCUT2D eigenvalue weighted by molar-refractivity contribution is -0.139. The molecule has 4 rings (SSSR count). The van der Waals surface area contributed by atoms with Gasteiger partial charge in [0.15, 0.2) is 0 Å². The third-order valence-electron chi connectivity index (χ3n) is 5.40. The molecule has 25 heavy (non-hydrogen) atoms. The predicted octanol–water partition coefficient (Wildman–Crippen LogP) is 2.52. The molecule has 0 aromatic heterocycles. The zero-order valence-corrected chi connectivity index (χ0v) is 15.8. The van der Waals surface area contributed by atoms with Gasteiger partial charge in [-0.2, -0.15) is 0 Å². The maximum absolute atomic E-state index is 13.3. The van der Waals surface area contributed by atoms with E-state index >= 15 is 0 Å². The third kappa shape index (κ3) is 2.82. The summed E-state index contributed by atoms with van der Waals surface area (Å²) in [5.74, 6) is -0.437. The van der Waals surface area contributed by atoms with Gasteiger partial charge >= 0.3 is 6.09 Å². The van der Waals surface area contributed by atoms with Gasteiger partial charge < -0.3 is 9.64 Å². The number of amides is 3. The number of carbonyl (C=O) groups is 3. The zero-order valence-electron chi connectivity index (χ0n) is 13.6. The van der Waals surface area contributed by atoms with Crippen molar-refractivity contribution >= 4 is 40.5 Å². The van der Waals surface area contributed by atoms with Crippen LogP contribution in [0.5, 0.6) is 0 Å². The van der Waals surface area contributed by atoms with Gasteiger partial charge in [0.25, 0.3) is 0 Å². The van der Waals surface area contributed by atoms with Crippen LogP contribution < -0.4 is 0 Å². The number of piperidine rings is 1. The lowest BCUT2D eigenvalue weighted by atomic mass is 9.87. The minimum Gasteiger partial charge on any atom is -0.446 e. The lowest BCUT2D eigenvalue weighted by Crippen LogP contribution is -2.54. The van der Waals surface area contributed by atoms with Gasteiger partial charge in [-0.15, -0.1) is 0 Å². The number of fused-ring (bicyclic) bond motifs is 1. The monoisotopic (exact) mass is 454 g/mol. The average Bonchev–Trinajstić information content (AvgIpc) is 3.18. The molecule has 132 valence electrons. The number of nitrogens with zero attached hydrogens (tertiary/aromatic N) is 2. The quantitative estimate of drug-likeness (QED) is 0.509. The van der Waals surface area contributed by atoms with Crippen LogP contribution in [-0.2, 0) is 14.3 Å². The van der Waals surface area contributed by atoms with Crippen LogP contribution >= 0.6 is 22.6 Å². The van der Waals surface area contributed by atoms with E-state index in [1.54, 1.807) is 0 Å².